The molecule has 1 aromatic rings. The minimum absolute atomic E-state index is 0.154. The zero-order valence-corrected chi connectivity index (χ0v) is 14.6. The number of aliphatic hydroxyl groups excluding tert-OH is 1. The molecule has 2 amide bonds. The van der Waals surface area contributed by atoms with Gasteiger partial charge in [0.1, 0.15) is 5.60 Å². The molecule has 0 unspecified atom stereocenters. The van der Waals surface area contributed by atoms with E-state index in [1.54, 1.807) is 19.1 Å². The highest BCUT2D eigenvalue weighted by Gasteiger charge is 2.72. The fourth-order valence-corrected chi connectivity index (χ4v) is 4.61. The molecule has 4 rings (SSSR count). The molecule has 9 heteroatoms. The van der Waals surface area contributed by atoms with Crippen LogP contribution in [0.4, 0.5) is 11.4 Å². The molecule has 2 saturated heterocycles. The van der Waals surface area contributed by atoms with E-state index < -0.39 is 46.4 Å². The number of benzene rings is 1. The van der Waals surface area contributed by atoms with Crippen LogP contribution in [0.2, 0.25) is 0 Å². The number of hydrogen-bond acceptors (Lipinski definition) is 6. The van der Waals surface area contributed by atoms with Crippen LogP contribution >= 0.6 is 15.9 Å². The predicted molar refractivity (Wildman–Crippen MR) is 88.7 cm³/mol. The molecule has 3 heterocycles. The Morgan fingerprint density at radius 3 is 2.60 bits per heavy atom. The summed E-state index contributed by atoms with van der Waals surface area (Å²) in [4.78, 5) is 37.3. The number of ether oxygens (including phenoxy) is 1. The second-order valence-corrected chi connectivity index (χ2v) is 7.45. The molecule has 3 aliphatic heterocycles. The van der Waals surface area contributed by atoms with Crippen molar-refractivity contribution in [3.05, 3.63) is 44.9 Å². The summed E-state index contributed by atoms with van der Waals surface area (Å²) in [5, 5.41) is 20.7. The molecule has 1 N–H and O–H groups in total. The van der Waals surface area contributed by atoms with Crippen molar-refractivity contribution in [3.63, 3.8) is 0 Å². The number of aliphatic hydroxyl groups is 1. The van der Waals surface area contributed by atoms with Gasteiger partial charge >= 0.3 is 0 Å². The van der Waals surface area contributed by atoms with Gasteiger partial charge in [-0.3, -0.25) is 19.7 Å². The summed E-state index contributed by atoms with van der Waals surface area (Å²) in [6, 6.07) is 3.85. The minimum atomic E-state index is -1.20. The highest BCUT2D eigenvalue weighted by atomic mass is 79.9. The number of halogens is 1. The Bertz CT molecular complexity index is 870. The normalized spacial score (nSPS) is 35.6. The van der Waals surface area contributed by atoms with Crippen LogP contribution in [-0.2, 0) is 14.3 Å². The third kappa shape index (κ3) is 1.94. The number of nitro benzene ring substituents is 1. The van der Waals surface area contributed by atoms with Crippen LogP contribution < -0.4 is 4.90 Å². The Morgan fingerprint density at radius 2 is 2.00 bits per heavy atom. The quantitative estimate of drug-likeness (QED) is 0.351. The highest BCUT2D eigenvalue weighted by Crippen LogP contribution is 2.57. The molecule has 8 nitrogen and oxygen atoms in total. The molecule has 0 spiro atoms. The van der Waals surface area contributed by atoms with E-state index in [0.29, 0.717) is 0 Å². The molecule has 0 saturated carbocycles. The molecule has 0 aromatic heterocycles. The number of non-ortho nitro benzene ring substituents is 1. The van der Waals surface area contributed by atoms with Crippen molar-refractivity contribution in [2.45, 2.75) is 18.1 Å². The largest absolute Gasteiger partial charge is 0.393 e. The van der Waals surface area contributed by atoms with Gasteiger partial charge in [0.25, 0.3) is 5.69 Å². The van der Waals surface area contributed by atoms with Crippen LogP contribution in [0.5, 0.6) is 0 Å². The Kier molecular flexibility index (Phi) is 3.25. The molecular formula is C16H13BrN2O6. The Morgan fingerprint density at radius 1 is 1.32 bits per heavy atom. The highest BCUT2D eigenvalue weighted by molar-refractivity contribution is 9.10. The number of carbonyl (C=O) groups is 2. The summed E-state index contributed by atoms with van der Waals surface area (Å²) in [6.45, 7) is 1.31. The van der Waals surface area contributed by atoms with Crippen molar-refractivity contribution in [3.8, 4) is 0 Å². The first-order chi connectivity index (χ1) is 11.7. The molecule has 25 heavy (non-hydrogen) atoms. The van der Waals surface area contributed by atoms with Crippen LogP contribution in [-0.4, -0.2) is 39.7 Å². The van der Waals surface area contributed by atoms with Gasteiger partial charge in [-0.1, -0.05) is 12.2 Å². The summed E-state index contributed by atoms with van der Waals surface area (Å²) in [6.07, 6.45) is 3.36. The first-order valence-corrected chi connectivity index (χ1v) is 8.36. The van der Waals surface area contributed by atoms with Gasteiger partial charge in [-0.15, -0.1) is 0 Å². The fraction of sp³-hybridized carbons (Fsp3) is 0.375. The molecule has 0 radical (unpaired) electrons. The van der Waals surface area contributed by atoms with E-state index >= 15 is 0 Å². The number of rotatable bonds is 3. The van der Waals surface area contributed by atoms with Crippen LogP contribution in [0.25, 0.3) is 0 Å². The monoisotopic (exact) mass is 408 g/mol. The van der Waals surface area contributed by atoms with E-state index in [1.807, 2.05) is 0 Å². The predicted octanol–water partition coefficient (Wildman–Crippen LogP) is 1.55. The molecule has 4 atom stereocenters. The van der Waals surface area contributed by atoms with Gasteiger partial charge in [0, 0.05) is 16.6 Å². The number of nitrogens with zero attached hydrogens (tertiary/aromatic N) is 2. The standard InChI is InChI=1S/C16H13BrN2O6/c1-15-4-5-16(7-20,25-15)12-11(15)13(21)18(14(12)22)10-3-2-8(19(23)24)6-9(10)17/h2-6,11-12,20H,7H2,1H3/t11-,12+,15+,16+/m1/s1. The van der Waals surface area contributed by atoms with Crippen molar-refractivity contribution in [1.29, 1.82) is 0 Å². The molecular weight excluding hydrogens is 396 g/mol. The molecule has 1 aromatic carbocycles. The van der Waals surface area contributed by atoms with Crippen LogP contribution in [0.15, 0.2) is 34.8 Å². The van der Waals surface area contributed by atoms with E-state index in [1.165, 1.54) is 18.2 Å². The lowest BCUT2D eigenvalue weighted by Crippen LogP contribution is -2.43. The number of anilines is 1. The van der Waals surface area contributed by atoms with Gasteiger partial charge in [-0.25, -0.2) is 4.90 Å². The lowest BCUT2D eigenvalue weighted by molar-refractivity contribution is -0.384. The van der Waals surface area contributed by atoms with Gasteiger partial charge in [0.2, 0.25) is 11.8 Å². The topological polar surface area (TPSA) is 110 Å². The number of imide groups is 1. The molecule has 0 aliphatic carbocycles. The Hall–Kier alpha value is -2.10. The van der Waals surface area contributed by atoms with Crippen molar-refractivity contribution in [2.24, 2.45) is 11.8 Å². The number of amides is 2. The van der Waals surface area contributed by atoms with Gasteiger partial charge in [-0.2, -0.15) is 0 Å². The van der Waals surface area contributed by atoms with Crippen LogP contribution in [0, 0.1) is 22.0 Å². The number of fused-ring (bicyclic) bond motifs is 5. The van der Waals surface area contributed by atoms with Gasteiger partial charge in [-0.05, 0) is 28.9 Å². The summed E-state index contributed by atoms with van der Waals surface area (Å²) in [7, 11) is 0. The van der Waals surface area contributed by atoms with E-state index in [0.717, 1.165) is 4.90 Å². The van der Waals surface area contributed by atoms with E-state index in [4.69, 9.17) is 4.74 Å². The van der Waals surface area contributed by atoms with Gasteiger partial charge in [0.15, 0.2) is 0 Å². The fourth-order valence-electron chi connectivity index (χ4n) is 4.07. The molecule has 3 aliphatic rings. The molecule has 2 fully saturated rings. The van der Waals surface area contributed by atoms with Gasteiger partial charge < -0.3 is 9.84 Å². The maximum absolute atomic E-state index is 13.0. The smallest absolute Gasteiger partial charge is 0.270 e. The first kappa shape index (κ1) is 16.4. The molecule has 130 valence electrons. The van der Waals surface area contributed by atoms with E-state index in [9.17, 15) is 24.8 Å². The Balaban J connectivity index is 1.79. The maximum Gasteiger partial charge on any atom is 0.270 e. The van der Waals surface area contributed by atoms with Crippen molar-refractivity contribution < 1.29 is 24.4 Å². The third-order valence-electron chi connectivity index (χ3n) is 5.19. The summed E-state index contributed by atoms with van der Waals surface area (Å²) < 4.78 is 6.11. The zero-order valence-electron chi connectivity index (χ0n) is 13.0. The number of nitro groups is 1. The molecule has 2 bridgehead atoms. The average Bonchev–Trinajstić information content (AvgIpc) is 3.14. The third-order valence-corrected chi connectivity index (χ3v) is 5.82. The lowest BCUT2D eigenvalue weighted by Gasteiger charge is -2.27. The van der Waals surface area contributed by atoms with Crippen molar-refractivity contribution >= 4 is 39.1 Å². The average molecular weight is 409 g/mol. The van der Waals surface area contributed by atoms with Crippen molar-refractivity contribution in [1.82, 2.24) is 0 Å². The second-order valence-electron chi connectivity index (χ2n) is 6.59. The lowest BCUT2D eigenvalue weighted by atomic mass is 9.73. The second kappa shape index (κ2) is 4.96. The van der Waals surface area contributed by atoms with Gasteiger partial charge in [0.05, 0.1) is 34.7 Å². The van der Waals surface area contributed by atoms with Crippen LogP contribution in [0.3, 0.4) is 0 Å². The number of carbonyl (C=O) groups excluding carboxylic acids is 2. The zero-order chi connectivity index (χ0) is 18.1. The SMILES string of the molecule is C[C@@]12C=C[C@@](CO)(O1)[C@@H]1C(=O)N(c3ccc([N+](=O)[O-])cc3Br)C(=O)[C@@H]12. The van der Waals surface area contributed by atoms with E-state index in [2.05, 4.69) is 15.9 Å². The van der Waals surface area contributed by atoms with Crippen LogP contribution in [0.1, 0.15) is 6.92 Å². The summed E-state index contributed by atoms with van der Waals surface area (Å²) >= 11 is 3.20. The summed E-state index contributed by atoms with van der Waals surface area (Å²) in [5.74, 6) is -2.47. The minimum Gasteiger partial charge on any atom is -0.393 e. The summed E-state index contributed by atoms with van der Waals surface area (Å²) in [5.41, 5.74) is -2.07. The Labute approximate surface area is 150 Å². The van der Waals surface area contributed by atoms with Crippen molar-refractivity contribution in [2.75, 3.05) is 11.5 Å². The number of hydrogen-bond donors (Lipinski definition) is 1. The van der Waals surface area contributed by atoms with E-state index in [-0.39, 0.29) is 15.8 Å². The maximum atomic E-state index is 13.0. The first-order valence-electron chi connectivity index (χ1n) is 7.57.